The Morgan fingerprint density at radius 3 is 2.50 bits per heavy atom. The van der Waals surface area contributed by atoms with E-state index in [2.05, 4.69) is 17.6 Å². The second-order valence-corrected chi connectivity index (χ2v) is 3.21. The largest absolute Gasteiger partial charge is 0.497 e. The monoisotopic (exact) mass is 195 g/mol. The van der Waals surface area contributed by atoms with Gasteiger partial charge in [0.1, 0.15) is 5.75 Å². The Balaban J connectivity index is 2.29. The van der Waals surface area contributed by atoms with Crippen molar-refractivity contribution in [2.75, 3.05) is 13.7 Å². The number of benzene rings is 1. The zero-order valence-electron chi connectivity index (χ0n) is 8.49. The van der Waals surface area contributed by atoms with E-state index >= 15 is 0 Å². The topological polar surface area (TPSA) is 41.5 Å². The van der Waals surface area contributed by atoms with E-state index in [1.807, 2.05) is 12.1 Å². The Morgan fingerprint density at radius 1 is 1.21 bits per heavy atom. The Kier molecular flexibility index (Phi) is 5.04. The van der Waals surface area contributed by atoms with Crippen LogP contribution in [0.2, 0.25) is 0 Å². The van der Waals surface area contributed by atoms with E-state index in [9.17, 15) is 0 Å². The van der Waals surface area contributed by atoms with Gasteiger partial charge >= 0.3 is 0 Å². The lowest BCUT2D eigenvalue weighted by atomic mass is 10.1. The molecule has 0 spiro atoms. The minimum Gasteiger partial charge on any atom is -0.497 e. The van der Waals surface area contributed by atoms with Crippen LogP contribution in [-0.4, -0.2) is 18.9 Å². The normalized spacial score (nSPS) is 10.1. The van der Waals surface area contributed by atoms with Gasteiger partial charge in [-0.15, -0.1) is 0 Å². The lowest BCUT2D eigenvalue weighted by Gasteiger charge is -2.03. The minimum atomic E-state index is 0.663. The molecule has 0 aliphatic rings. The lowest BCUT2D eigenvalue weighted by molar-refractivity contribution is 0.165. The summed E-state index contributed by atoms with van der Waals surface area (Å²) in [6.45, 7) is 0.663. The first kappa shape index (κ1) is 11.0. The Labute approximate surface area is 84.7 Å². The van der Waals surface area contributed by atoms with E-state index in [4.69, 9.17) is 9.94 Å². The third-order valence-corrected chi connectivity index (χ3v) is 2.16. The van der Waals surface area contributed by atoms with E-state index in [0.29, 0.717) is 6.54 Å². The number of aryl methyl sites for hydroxylation is 1. The third-order valence-electron chi connectivity index (χ3n) is 2.16. The van der Waals surface area contributed by atoms with Crippen molar-refractivity contribution in [2.45, 2.75) is 19.3 Å². The molecule has 1 rings (SSSR count). The number of unbranched alkanes of at least 4 members (excludes halogenated alkanes) is 1. The van der Waals surface area contributed by atoms with Crippen LogP contribution in [0.4, 0.5) is 0 Å². The molecule has 0 amide bonds. The molecule has 0 bridgehead atoms. The summed E-state index contributed by atoms with van der Waals surface area (Å²) in [5.74, 6) is 0.894. The van der Waals surface area contributed by atoms with E-state index in [-0.39, 0.29) is 0 Å². The van der Waals surface area contributed by atoms with Crippen LogP contribution in [0.5, 0.6) is 5.75 Å². The summed E-state index contributed by atoms with van der Waals surface area (Å²) in [4.78, 5) is 0. The number of ether oxygens (including phenoxy) is 1. The van der Waals surface area contributed by atoms with Crippen molar-refractivity contribution < 1.29 is 9.94 Å². The molecule has 0 aliphatic heterocycles. The fourth-order valence-electron chi connectivity index (χ4n) is 1.33. The zero-order chi connectivity index (χ0) is 10.2. The molecule has 0 unspecified atom stereocenters. The zero-order valence-corrected chi connectivity index (χ0v) is 8.49. The van der Waals surface area contributed by atoms with Crippen molar-refractivity contribution >= 4 is 0 Å². The maximum Gasteiger partial charge on any atom is 0.118 e. The van der Waals surface area contributed by atoms with Gasteiger partial charge in [-0.25, -0.2) is 5.48 Å². The quantitative estimate of drug-likeness (QED) is 0.539. The van der Waals surface area contributed by atoms with Crippen molar-refractivity contribution in [2.24, 2.45) is 0 Å². The van der Waals surface area contributed by atoms with Crippen LogP contribution >= 0.6 is 0 Å². The van der Waals surface area contributed by atoms with E-state index < -0.39 is 0 Å². The fourth-order valence-corrected chi connectivity index (χ4v) is 1.33. The summed E-state index contributed by atoms with van der Waals surface area (Å²) < 4.78 is 5.07. The van der Waals surface area contributed by atoms with Crippen molar-refractivity contribution in [3.63, 3.8) is 0 Å². The van der Waals surface area contributed by atoms with Gasteiger partial charge in [0.15, 0.2) is 0 Å². The van der Waals surface area contributed by atoms with Gasteiger partial charge in [-0.3, -0.25) is 0 Å². The number of hydrogen-bond acceptors (Lipinski definition) is 3. The van der Waals surface area contributed by atoms with Gasteiger partial charge in [0, 0.05) is 6.54 Å². The highest BCUT2D eigenvalue weighted by Gasteiger charge is 1.94. The molecule has 0 fully saturated rings. The number of rotatable bonds is 6. The molecular weight excluding hydrogens is 178 g/mol. The molecule has 0 saturated heterocycles. The SMILES string of the molecule is COc1ccc(CCCCNO)cc1. The highest BCUT2D eigenvalue weighted by atomic mass is 16.5. The van der Waals surface area contributed by atoms with E-state index in [1.165, 1.54) is 5.56 Å². The number of nitrogens with one attached hydrogen (secondary N) is 1. The van der Waals surface area contributed by atoms with Gasteiger partial charge in [0.2, 0.25) is 0 Å². The molecule has 0 heterocycles. The highest BCUT2D eigenvalue weighted by Crippen LogP contribution is 2.12. The summed E-state index contributed by atoms with van der Waals surface area (Å²) in [5, 5.41) is 8.37. The van der Waals surface area contributed by atoms with Gasteiger partial charge in [0.05, 0.1) is 7.11 Å². The minimum absolute atomic E-state index is 0.663. The first-order valence-electron chi connectivity index (χ1n) is 4.86. The first-order chi connectivity index (χ1) is 6.86. The van der Waals surface area contributed by atoms with Crippen molar-refractivity contribution in [1.29, 1.82) is 0 Å². The van der Waals surface area contributed by atoms with Gasteiger partial charge in [-0.1, -0.05) is 12.1 Å². The van der Waals surface area contributed by atoms with Crippen molar-refractivity contribution in [3.05, 3.63) is 29.8 Å². The summed E-state index contributed by atoms with van der Waals surface area (Å²) >= 11 is 0. The average molecular weight is 195 g/mol. The second kappa shape index (κ2) is 6.40. The molecule has 2 N–H and O–H groups in total. The molecule has 1 aromatic rings. The Hall–Kier alpha value is -1.06. The maximum atomic E-state index is 8.37. The average Bonchev–Trinajstić information content (AvgIpc) is 2.25. The van der Waals surface area contributed by atoms with Gasteiger partial charge < -0.3 is 9.94 Å². The molecule has 0 radical (unpaired) electrons. The standard InChI is InChI=1S/C11H17NO2/c1-14-11-7-5-10(6-8-11)4-2-3-9-12-13/h5-8,12-13H,2-4,9H2,1H3. The van der Waals surface area contributed by atoms with E-state index in [0.717, 1.165) is 25.0 Å². The molecule has 0 atom stereocenters. The molecule has 3 nitrogen and oxygen atoms in total. The van der Waals surface area contributed by atoms with Crippen LogP contribution in [-0.2, 0) is 6.42 Å². The van der Waals surface area contributed by atoms with Crippen LogP contribution in [0.25, 0.3) is 0 Å². The molecule has 0 saturated carbocycles. The molecular formula is C11H17NO2. The smallest absolute Gasteiger partial charge is 0.118 e. The van der Waals surface area contributed by atoms with Crippen molar-refractivity contribution in [1.82, 2.24) is 5.48 Å². The van der Waals surface area contributed by atoms with Gasteiger partial charge in [-0.05, 0) is 37.0 Å². The third kappa shape index (κ3) is 3.77. The molecule has 1 aromatic carbocycles. The van der Waals surface area contributed by atoms with Gasteiger partial charge in [-0.2, -0.15) is 0 Å². The van der Waals surface area contributed by atoms with Crippen LogP contribution in [0.15, 0.2) is 24.3 Å². The van der Waals surface area contributed by atoms with Crippen LogP contribution in [0, 0.1) is 0 Å². The summed E-state index contributed by atoms with van der Waals surface area (Å²) in [6, 6.07) is 8.09. The Morgan fingerprint density at radius 2 is 1.93 bits per heavy atom. The Bertz CT molecular complexity index is 246. The number of hydrogen-bond donors (Lipinski definition) is 2. The highest BCUT2D eigenvalue weighted by molar-refractivity contribution is 5.27. The molecule has 0 aliphatic carbocycles. The molecule has 14 heavy (non-hydrogen) atoms. The number of hydroxylamine groups is 1. The summed E-state index contributed by atoms with van der Waals surface area (Å²) in [5.41, 5.74) is 3.46. The summed E-state index contributed by atoms with van der Waals surface area (Å²) in [6.07, 6.45) is 3.12. The van der Waals surface area contributed by atoms with E-state index in [1.54, 1.807) is 7.11 Å². The second-order valence-electron chi connectivity index (χ2n) is 3.21. The maximum absolute atomic E-state index is 8.37. The molecule has 78 valence electrons. The van der Waals surface area contributed by atoms with Crippen LogP contribution in [0.3, 0.4) is 0 Å². The number of methoxy groups -OCH3 is 1. The first-order valence-corrected chi connectivity index (χ1v) is 4.86. The fraction of sp³-hybridized carbons (Fsp3) is 0.455. The predicted molar refractivity (Wildman–Crippen MR) is 55.7 cm³/mol. The van der Waals surface area contributed by atoms with Crippen LogP contribution in [0.1, 0.15) is 18.4 Å². The van der Waals surface area contributed by atoms with Crippen LogP contribution < -0.4 is 10.2 Å². The molecule has 0 aromatic heterocycles. The van der Waals surface area contributed by atoms with Gasteiger partial charge in [0.25, 0.3) is 0 Å². The lowest BCUT2D eigenvalue weighted by Crippen LogP contribution is -2.08. The van der Waals surface area contributed by atoms with Crippen molar-refractivity contribution in [3.8, 4) is 5.75 Å². The predicted octanol–water partition coefficient (Wildman–Crippen LogP) is 2.00. The summed E-state index contributed by atoms with van der Waals surface area (Å²) in [7, 11) is 1.67. The molecule has 3 heteroatoms.